The highest BCUT2D eigenvalue weighted by Crippen LogP contribution is 2.43. The number of hydrogen-bond donors (Lipinski definition) is 1. The van der Waals surface area contributed by atoms with Gasteiger partial charge in [0.15, 0.2) is 0 Å². The number of hydrogen-bond acceptors (Lipinski definition) is 5. The molecule has 0 bridgehead atoms. The summed E-state index contributed by atoms with van der Waals surface area (Å²) in [4.78, 5) is 0. The maximum atomic E-state index is 10.6. The lowest BCUT2D eigenvalue weighted by Gasteiger charge is -2.27. The first kappa shape index (κ1) is 15.4. The van der Waals surface area contributed by atoms with Crippen LogP contribution < -0.4 is 9.47 Å². The number of aliphatic hydroxyl groups excluding tert-OH is 1. The van der Waals surface area contributed by atoms with Crippen LogP contribution in [0.5, 0.6) is 11.5 Å². The lowest BCUT2D eigenvalue weighted by Crippen LogP contribution is -2.22. The zero-order chi connectivity index (χ0) is 13.8. The normalized spacial score (nSPS) is 20.9. The Morgan fingerprint density at radius 1 is 1.32 bits per heavy atom. The van der Waals surface area contributed by atoms with Crippen LogP contribution in [-0.4, -0.2) is 41.8 Å². The van der Waals surface area contributed by atoms with Gasteiger partial charge in [0.25, 0.3) is 0 Å². The molecule has 0 amide bonds. The van der Waals surface area contributed by atoms with Crippen molar-refractivity contribution in [1.82, 2.24) is 0 Å². The quantitative estimate of drug-likeness (QED) is 0.886. The molecule has 0 spiro atoms. The fraction of sp³-hybridized carbons (Fsp3) is 0.538. The third-order valence-corrected chi connectivity index (χ3v) is 6.63. The molecule has 1 heterocycles. The molecule has 0 radical (unpaired) electrons. The molecule has 0 aliphatic carbocycles. The fourth-order valence-corrected chi connectivity index (χ4v) is 5.47. The SMILES string of the molecule is COc1ccc(C(O)C2CSCCS2)c(OC)c1Br. The average molecular weight is 365 g/mol. The minimum Gasteiger partial charge on any atom is -0.495 e. The molecule has 6 heteroatoms. The molecular formula is C13H17BrO3S2. The van der Waals surface area contributed by atoms with Crippen molar-refractivity contribution in [2.75, 3.05) is 31.5 Å². The van der Waals surface area contributed by atoms with Gasteiger partial charge in [0.2, 0.25) is 0 Å². The van der Waals surface area contributed by atoms with E-state index >= 15 is 0 Å². The Bertz CT molecular complexity index is 436. The van der Waals surface area contributed by atoms with Gasteiger partial charge in [-0.15, -0.1) is 0 Å². The van der Waals surface area contributed by atoms with Crippen molar-refractivity contribution in [2.24, 2.45) is 0 Å². The van der Waals surface area contributed by atoms with Crippen molar-refractivity contribution in [2.45, 2.75) is 11.4 Å². The van der Waals surface area contributed by atoms with Gasteiger partial charge in [-0.05, 0) is 28.1 Å². The standard InChI is InChI=1S/C13H17BrO3S2/c1-16-9-4-3-8(13(17-2)11(9)14)12(15)10-7-18-5-6-19-10/h3-4,10,12,15H,5-7H2,1-2H3. The largest absolute Gasteiger partial charge is 0.495 e. The summed E-state index contributed by atoms with van der Waals surface area (Å²) in [5, 5.41) is 10.8. The summed E-state index contributed by atoms with van der Waals surface area (Å²) in [5.41, 5.74) is 0.815. The van der Waals surface area contributed by atoms with Crippen molar-refractivity contribution in [1.29, 1.82) is 0 Å². The van der Waals surface area contributed by atoms with Gasteiger partial charge >= 0.3 is 0 Å². The first-order valence-corrected chi connectivity index (χ1v) is 8.96. The van der Waals surface area contributed by atoms with Crippen LogP contribution in [0.15, 0.2) is 16.6 Å². The summed E-state index contributed by atoms with van der Waals surface area (Å²) in [6.45, 7) is 0. The number of ether oxygens (including phenoxy) is 2. The van der Waals surface area contributed by atoms with Gasteiger partial charge in [0.1, 0.15) is 16.0 Å². The third kappa shape index (κ3) is 3.35. The van der Waals surface area contributed by atoms with Crippen LogP contribution >= 0.6 is 39.5 Å². The molecule has 1 saturated heterocycles. The summed E-state index contributed by atoms with van der Waals surface area (Å²) in [5.74, 6) is 4.59. The minimum atomic E-state index is -0.519. The lowest BCUT2D eigenvalue weighted by atomic mass is 10.1. The number of aliphatic hydroxyl groups is 1. The molecule has 19 heavy (non-hydrogen) atoms. The Kier molecular flexibility index (Phi) is 5.74. The molecular weight excluding hydrogens is 348 g/mol. The van der Waals surface area contributed by atoms with E-state index in [0.717, 1.165) is 27.3 Å². The van der Waals surface area contributed by atoms with Crippen LogP contribution in [-0.2, 0) is 0 Å². The molecule has 1 aromatic rings. The molecule has 1 N–H and O–H groups in total. The monoisotopic (exact) mass is 364 g/mol. The lowest BCUT2D eigenvalue weighted by molar-refractivity contribution is 0.175. The number of thioether (sulfide) groups is 2. The van der Waals surface area contributed by atoms with E-state index in [4.69, 9.17) is 9.47 Å². The van der Waals surface area contributed by atoms with Crippen LogP contribution in [0.1, 0.15) is 11.7 Å². The third-order valence-electron chi connectivity index (χ3n) is 3.03. The average Bonchev–Trinajstić information content (AvgIpc) is 2.47. The summed E-state index contributed by atoms with van der Waals surface area (Å²) in [7, 11) is 3.22. The highest BCUT2D eigenvalue weighted by atomic mass is 79.9. The van der Waals surface area contributed by atoms with Crippen LogP contribution in [0.3, 0.4) is 0 Å². The molecule has 2 unspecified atom stereocenters. The highest BCUT2D eigenvalue weighted by molar-refractivity contribution is 9.10. The molecule has 1 aliphatic rings. The first-order valence-electron chi connectivity index (χ1n) is 5.96. The molecule has 1 fully saturated rings. The molecule has 0 aromatic heterocycles. The Morgan fingerprint density at radius 2 is 2.11 bits per heavy atom. The van der Waals surface area contributed by atoms with Gasteiger partial charge < -0.3 is 14.6 Å². The predicted molar refractivity (Wildman–Crippen MR) is 85.8 cm³/mol. The van der Waals surface area contributed by atoms with Gasteiger partial charge in [0.05, 0.1) is 20.3 Å². The van der Waals surface area contributed by atoms with Gasteiger partial charge in [-0.3, -0.25) is 0 Å². The molecule has 3 nitrogen and oxygen atoms in total. The van der Waals surface area contributed by atoms with Crippen molar-refractivity contribution >= 4 is 39.5 Å². The number of halogens is 1. The maximum Gasteiger partial charge on any atom is 0.142 e. The number of benzene rings is 1. The van der Waals surface area contributed by atoms with Crippen molar-refractivity contribution in [3.05, 3.63) is 22.2 Å². The summed E-state index contributed by atoms with van der Waals surface area (Å²) >= 11 is 7.19. The van der Waals surface area contributed by atoms with E-state index in [2.05, 4.69) is 15.9 Å². The molecule has 1 aliphatic heterocycles. The van der Waals surface area contributed by atoms with E-state index in [0.29, 0.717) is 11.5 Å². The first-order chi connectivity index (χ1) is 9.19. The smallest absolute Gasteiger partial charge is 0.142 e. The highest BCUT2D eigenvalue weighted by Gasteiger charge is 2.28. The second-order valence-corrected chi connectivity index (χ2v) is 7.42. The van der Waals surface area contributed by atoms with Crippen LogP contribution in [0.4, 0.5) is 0 Å². The van der Waals surface area contributed by atoms with Crippen molar-refractivity contribution in [3.63, 3.8) is 0 Å². The van der Waals surface area contributed by atoms with Gasteiger partial charge in [-0.2, -0.15) is 23.5 Å². The zero-order valence-corrected chi connectivity index (χ0v) is 14.1. The second-order valence-electron chi connectivity index (χ2n) is 4.13. The Hall–Kier alpha value is -0.0400. The van der Waals surface area contributed by atoms with E-state index in [9.17, 15) is 5.11 Å². The Labute approximate surface area is 130 Å². The summed E-state index contributed by atoms with van der Waals surface area (Å²) in [6, 6.07) is 3.73. The van der Waals surface area contributed by atoms with Gasteiger partial charge in [-0.1, -0.05) is 0 Å². The van der Waals surface area contributed by atoms with E-state index in [1.165, 1.54) is 0 Å². The Balaban J connectivity index is 2.30. The van der Waals surface area contributed by atoms with E-state index < -0.39 is 6.10 Å². The molecule has 1 aromatic carbocycles. The van der Waals surface area contributed by atoms with Crippen molar-refractivity contribution in [3.8, 4) is 11.5 Å². The minimum absolute atomic E-state index is 0.216. The molecule has 106 valence electrons. The topological polar surface area (TPSA) is 38.7 Å². The summed E-state index contributed by atoms with van der Waals surface area (Å²) in [6.07, 6.45) is -0.519. The van der Waals surface area contributed by atoms with E-state index in [1.807, 2.05) is 35.7 Å². The molecule has 2 rings (SSSR count). The molecule has 0 saturated carbocycles. The fourth-order valence-electron chi connectivity index (χ4n) is 2.04. The second kappa shape index (κ2) is 7.11. The van der Waals surface area contributed by atoms with Crippen molar-refractivity contribution < 1.29 is 14.6 Å². The van der Waals surface area contributed by atoms with Crippen LogP contribution in [0, 0.1) is 0 Å². The molecule has 2 atom stereocenters. The van der Waals surface area contributed by atoms with Crippen LogP contribution in [0.2, 0.25) is 0 Å². The predicted octanol–water partition coefficient (Wildman–Crippen LogP) is 3.35. The van der Waals surface area contributed by atoms with E-state index in [-0.39, 0.29) is 5.25 Å². The Morgan fingerprint density at radius 3 is 2.68 bits per heavy atom. The number of methoxy groups -OCH3 is 2. The van der Waals surface area contributed by atoms with Crippen LogP contribution in [0.25, 0.3) is 0 Å². The van der Waals surface area contributed by atoms with E-state index in [1.54, 1.807) is 14.2 Å². The van der Waals surface area contributed by atoms with Gasteiger partial charge in [-0.25, -0.2) is 0 Å². The zero-order valence-electron chi connectivity index (χ0n) is 10.9. The number of rotatable bonds is 4. The van der Waals surface area contributed by atoms with Gasteiger partial charge in [0, 0.05) is 28.1 Å². The maximum absolute atomic E-state index is 10.6. The summed E-state index contributed by atoms with van der Waals surface area (Å²) < 4.78 is 11.4.